The van der Waals surface area contributed by atoms with Gasteiger partial charge in [-0.05, 0) is 53.6 Å². The number of aromatic nitrogens is 4. The van der Waals surface area contributed by atoms with Crippen LogP contribution in [0.25, 0.3) is 44.7 Å². The number of nitrogens with zero attached hydrogens (tertiary/aromatic N) is 2. The van der Waals surface area contributed by atoms with Gasteiger partial charge in [0.25, 0.3) is 0 Å². The van der Waals surface area contributed by atoms with Crippen molar-refractivity contribution in [2.75, 3.05) is 14.2 Å². The molecule has 3 aromatic carbocycles. The molecular formula is C28H22N6O6P2V2. The molecule has 2 heterocycles. The van der Waals surface area contributed by atoms with Gasteiger partial charge in [-0.2, -0.15) is 17.2 Å². The molecule has 16 heteroatoms. The zero-order valence-electron chi connectivity index (χ0n) is 23.0. The van der Waals surface area contributed by atoms with Crippen LogP contribution in [0.3, 0.4) is 0 Å². The van der Waals surface area contributed by atoms with E-state index in [1.807, 2.05) is 72.7 Å². The Morgan fingerprint density at radius 1 is 0.705 bits per heavy atom. The molecule has 5 rings (SSSR count). The number of amides is 2. The molecular weight excluding hydrogens is 680 g/mol. The van der Waals surface area contributed by atoms with Crippen LogP contribution in [0, 0.1) is 11.8 Å². The van der Waals surface area contributed by atoms with Gasteiger partial charge in [-0.3, -0.25) is 9.59 Å². The fourth-order valence-corrected chi connectivity index (χ4v) is 4.32. The first-order valence-corrected chi connectivity index (χ1v) is 13.7. The molecule has 2 unspecified atom stereocenters. The molecule has 5 aromatic rings. The molecule has 0 saturated heterocycles. The number of imidazole rings is 2. The number of carbonyl (C=O) groups is 2. The quantitative estimate of drug-likeness (QED) is 0.147. The topological polar surface area (TPSA) is 192 Å². The molecule has 0 fully saturated rings. The minimum absolute atomic E-state index is 0. The van der Waals surface area contributed by atoms with Gasteiger partial charge in [0.05, 0.1) is 47.4 Å². The van der Waals surface area contributed by atoms with Crippen molar-refractivity contribution in [1.29, 1.82) is 0 Å². The number of H-pyrrole nitrogens is 2. The molecule has 44 heavy (non-hydrogen) atoms. The second-order valence-corrected chi connectivity index (χ2v) is 9.75. The second-order valence-electron chi connectivity index (χ2n) is 7.90. The molecule has 2 radical (unpaired) electrons. The molecule has 0 spiro atoms. The third-order valence-electron chi connectivity index (χ3n) is 5.24. The van der Waals surface area contributed by atoms with E-state index in [0.717, 1.165) is 58.5 Å². The summed E-state index contributed by atoms with van der Waals surface area (Å²) < 4.78 is 7.56. The Morgan fingerprint density at radius 2 is 1.11 bits per heavy atom. The largest absolute Gasteiger partial charge is 2.00 e. The van der Waals surface area contributed by atoms with Crippen LogP contribution in [-0.4, -0.2) is 58.4 Å². The number of nitrogens with one attached hydrogen (secondary N) is 4. The van der Waals surface area contributed by atoms with E-state index in [1.165, 1.54) is 0 Å². The first-order chi connectivity index (χ1) is 20.3. The normalized spacial score (nSPS) is 9.86. The van der Waals surface area contributed by atoms with Crippen LogP contribution < -0.4 is 11.1 Å². The summed E-state index contributed by atoms with van der Waals surface area (Å²) in [4.78, 5) is 54.7. The summed E-state index contributed by atoms with van der Waals surface area (Å²) in [6, 6.07) is 23.5. The van der Waals surface area contributed by atoms with Crippen molar-refractivity contribution in [3.05, 3.63) is 83.3 Å². The van der Waals surface area contributed by atoms with Gasteiger partial charge in [-0.15, -0.1) is 0 Å². The Morgan fingerprint density at radius 3 is 1.59 bits per heavy atom. The number of methoxy groups -OCH3 is 2. The zero-order valence-corrected chi connectivity index (χ0v) is 27.8. The van der Waals surface area contributed by atoms with Gasteiger partial charge in [-0.1, -0.05) is 30.0 Å². The van der Waals surface area contributed by atoms with E-state index < -0.39 is 12.2 Å². The Balaban J connectivity index is 0.000000705. The van der Waals surface area contributed by atoms with Crippen LogP contribution in [0.4, 0.5) is 9.59 Å². The monoisotopic (exact) mass is 702 g/mol. The average Bonchev–Trinajstić information content (AvgIpc) is 3.59. The zero-order chi connectivity index (χ0) is 30.5. The van der Waals surface area contributed by atoms with Crippen LogP contribution in [0.2, 0.25) is 0 Å². The molecule has 0 aliphatic heterocycles. The van der Waals surface area contributed by atoms with Crippen molar-refractivity contribution in [2.24, 2.45) is 0 Å². The minimum atomic E-state index is -0.995. The molecule has 0 aliphatic rings. The van der Waals surface area contributed by atoms with E-state index in [-0.39, 0.29) is 54.3 Å². The predicted molar refractivity (Wildman–Crippen MR) is 164 cm³/mol. The van der Waals surface area contributed by atoms with Crippen LogP contribution >= 0.6 is 17.2 Å². The van der Waals surface area contributed by atoms with E-state index >= 15 is 0 Å². The van der Waals surface area contributed by atoms with Crippen molar-refractivity contribution in [2.45, 2.75) is 0 Å². The smallest absolute Gasteiger partial charge is 0.632 e. The number of benzene rings is 3. The first-order valence-electron chi connectivity index (χ1n) is 11.7. The molecule has 2 aromatic heterocycles. The van der Waals surface area contributed by atoms with Gasteiger partial charge >= 0.3 is 37.1 Å². The summed E-state index contributed by atoms with van der Waals surface area (Å²) in [6.45, 7) is 0. The molecule has 4 N–H and O–H groups in total. The van der Waals surface area contributed by atoms with Gasteiger partial charge in [0.2, 0.25) is 12.2 Å². The van der Waals surface area contributed by atoms with Crippen molar-refractivity contribution in [3.63, 3.8) is 0 Å². The Kier molecular flexibility index (Phi) is 16.8. The van der Waals surface area contributed by atoms with E-state index in [9.17, 15) is 19.2 Å². The van der Waals surface area contributed by atoms with E-state index in [0.29, 0.717) is 11.1 Å². The molecule has 0 bridgehead atoms. The minimum Gasteiger partial charge on any atom is -0.632 e. The Bertz CT molecular complexity index is 1770. The second kappa shape index (κ2) is 19.4. The predicted octanol–water partition coefficient (Wildman–Crippen LogP) is 4.85. The van der Waals surface area contributed by atoms with Crippen molar-refractivity contribution < 1.29 is 65.8 Å². The first kappa shape index (κ1) is 38.1. The van der Waals surface area contributed by atoms with Gasteiger partial charge in [0.15, 0.2) is 0 Å². The van der Waals surface area contributed by atoms with E-state index in [4.69, 9.17) is 11.5 Å². The number of fused-ring (bicyclic) bond motifs is 2. The number of aromatic amines is 2. The van der Waals surface area contributed by atoms with Gasteiger partial charge in [0.1, 0.15) is 0 Å². The summed E-state index contributed by atoms with van der Waals surface area (Å²) in [5.41, 5.74) is 20.5. The fourth-order valence-electron chi connectivity index (χ4n) is 3.38. The van der Waals surface area contributed by atoms with Gasteiger partial charge < -0.3 is 40.5 Å². The maximum Gasteiger partial charge on any atom is 2.00 e. The molecule has 2 atom stereocenters. The van der Waals surface area contributed by atoms with Crippen LogP contribution in [0.5, 0.6) is 0 Å². The molecule has 220 valence electrons. The molecule has 0 saturated carbocycles. The number of ether oxygens (including phenoxy) is 2. The Labute approximate surface area is 279 Å². The van der Waals surface area contributed by atoms with Gasteiger partial charge in [-0.25, -0.2) is 22.0 Å². The van der Waals surface area contributed by atoms with Crippen LogP contribution in [0.15, 0.2) is 60.7 Å². The number of hydrogen-bond acceptors (Lipinski definition) is 8. The van der Waals surface area contributed by atoms with Crippen molar-refractivity contribution >= 4 is 74.6 Å². The Hall–Kier alpha value is -3.93. The van der Waals surface area contributed by atoms with E-state index in [1.54, 1.807) is 0 Å². The number of hydrogen-bond donors (Lipinski definition) is 2. The SMILES string of the molecule is COC([NH-])=O.COC([NH-])=O.O=[C-]Pc1nc2ccc(C#Cc3ccc(-c4ccc5nc(P[C-]=O)[nH]c5c4)cc3)cc2[nH]1.[V+2].[V+2]. The summed E-state index contributed by atoms with van der Waals surface area (Å²) in [5.74, 6) is 6.36. The average molecular weight is 702 g/mol. The standard InChI is InChI=1S/C24H14N4O2P2.2C2H5NO2.2V/c29-13-31-23-25-19-9-5-16(11-21(19)27-23)2-1-15-3-6-17(7-4-15)18-8-10-20-22(12-18)28-24(26-20)32-14-30;2*1-5-2(3)4;;/h3-12,31-32H,(H,25,27)(H,26,28);2*1H3,(H2,3,4);;/q-2;;;2*+2/p-2. The summed E-state index contributed by atoms with van der Waals surface area (Å²) in [5, 5.41) is 0. The van der Waals surface area contributed by atoms with Crippen LogP contribution in [-0.2, 0) is 56.2 Å². The number of carbonyl (C=O) groups excluding carboxylic acids is 4. The third kappa shape index (κ3) is 11.6. The van der Waals surface area contributed by atoms with Crippen LogP contribution in [0.1, 0.15) is 11.1 Å². The maximum absolute atomic E-state index is 10.6. The molecule has 12 nitrogen and oxygen atoms in total. The summed E-state index contributed by atoms with van der Waals surface area (Å²) in [6.07, 6.45) is -1.99. The maximum atomic E-state index is 10.6. The van der Waals surface area contributed by atoms with E-state index in [2.05, 4.69) is 41.3 Å². The number of rotatable bonds is 5. The van der Waals surface area contributed by atoms with Gasteiger partial charge in [0, 0.05) is 11.1 Å². The third-order valence-corrected chi connectivity index (χ3v) is 6.39. The molecule has 0 aliphatic carbocycles. The van der Waals surface area contributed by atoms with Crippen molar-refractivity contribution in [1.82, 2.24) is 19.9 Å². The van der Waals surface area contributed by atoms with Crippen molar-refractivity contribution in [3.8, 4) is 23.0 Å². The fraction of sp³-hybridized carbons (Fsp3) is 0.0714. The summed E-state index contributed by atoms with van der Waals surface area (Å²) in [7, 11) is 2.13. The molecule has 2 amide bonds. The summed E-state index contributed by atoms with van der Waals surface area (Å²) >= 11 is 0.